The van der Waals surface area contributed by atoms with Gasteiger partial charge < -0.3 is 20.5 Å². The van der Waals surface area contributed by atoms with E-state index in [2.05, 4.69) is 15.3 Å². The maximum Gasteiger partial charge on any atom is 0.166 e. The van der Waals surface area contributed by atoms with Crippen LogP contribution >= 0.6 is 24.8 Å². The van der Waals surface area contributed by atoms with Gasteiger partial charge in [0.1, 0.15) is 11.6 Å². The molecule has 3 aromatic rings. The number of aromatic nitrogens is 2. The number of nitrogens with two attached hydrogens (primary N) is 1. The third-order valence-corrected chi connectivity index (χ3v) is 4.03. The van der Waals surface area contributed by atoms with Crippen LogP contribution in [0.2, 0.25) is 0 Å². The predicted molar refractivity (Wildman–Crippen MR) is 118 cm³/mol. The number of anilines is 1. The number of hydrogen-bond acceptors (Lipinski definition) is 6. The van der Waals surface area contributed by atoms with Crippen LogP contribution < -0.4 is 20.5 Å². The average Bonchev–Trinajstić information content (AvgIpc) is 2.67. The summed E-state index contributed by atoms with van der Waals surface area (Å²) >= 11 is 0. The minimum Gasteiger partial charge on any atom is -0.493 e. The summed E-state index contributed by atoms with van der Waals surface area (Å²) < 4.78 is 11.2. The Balaban J connectivity index is 0.00000196. The fraction of sp³-hybridized carbons (Fsp3) is 0.300. The molecule has 0 unspecified atom stereocenters. The molecule has 0 fully saturated rings. The van der Waals surface area contributed by atoms with Crippen molar-refractivity contribution in [1.29, 1.82) is 0 Å². The second-order valence-corrected chi connectivity index (χ2v) is 5.78. The summed E-state index contributed by atoms with van der Waals surface area (Å²) in [5.74, 6) is 3.02. The molecule has 3 rings (SSSR count). The minimum atomic E-state index is 0. The third kappa shape index (κ3) is 5.38. The van der Waals surface area contributed by atoms with Gasteiger partial charge in [-0.25, -0.2) is 9.97 Å². The van der Waals surface area contributed by atoms with Crippen LogP contribution in [0.5, 0.6) is 11.5 Å². The molecule has 0 spiro atoms. The molecule has 0 aliphatic heterocycles. The van der Waals surface area contributed by atoms with Crippen molar-refractivity contribution in [1.82, 2.24) is 9.97 Å². The zero-order valence-electron chi connectivity index (χ0n) is 16.0. The molecule has 0 saturated heterocycles. The molecule has 152 valence electrons. The van der Waals surface area contributed by atoms with Gasteiger partial charge in [-0.1, -0.05) is 24.3 Å². The molecule has 0 saturated carbocycles. The zero-order chi connectivity index (χ0) is 18.4. The number of halogens is 2. The smallest absolute Gasteiger partial charge is 0.166 e. The fourth-order valence-electron chi connectivity index (χ4n) is 2.85. The second-order valence-electron chi connectivity index (χ2n) is 5.78. The van der Waals surface area contributed by atoms with Crippen LogP contribution in [0.15, 0.2) is 42.5 Å². The number of nitrogens with zero attached hydrogens (tertiary/aromatic N) is 2. The van der Waals surface area contributed by atoms with Crippen LogP contribution in [0, 0.1) is 0 Å². The number of methoxy groups -OCH3 is 1. The first-order valence-electron chi connectivity index (χ1n) is 8.75. The summed E-state index contributed by atoms with van der Waals surface area (Å²) in [6, 6.07) is 13.8. The van der Waals surface area contributed by atoms with Crippen molar-refractivity contribution in [2.75, 3.05) is 25.6 Å². The van der Waals surface area contributed by atoms with Gasteiger partial charge in [0.05, 0.1) is 19.2 Å². The van der Waals surface area contributed by atoms with E-state index in [9.17, 15) is 0 Å². The summed E-state index contributed by atoms with van der Waals surface area (Å²) in [5.41, 5.74) is 7.59. The van der Waals surface area contributed by atoms with Gasteiger partial charge in [0.15, 0.2) is 11.5 Å². The Morgan fingerprint density at radius 1 is 1.04 bits per heavy atom. The number of benzene rings is 2. The Hall–Kier alpha value is -2.28. The number of nitrogens with one attached hydrogen (secondary N) is 1. The molecule has 1 heterocycles. The molecule has 8 heteroatoms. The van der Waals surface area contributed by atoms with Crippen molar-refractivity contribution in [3.05, 3.63) is 53.9 Å². The summed E-state index contributed by atoms with van der Waals surface area (Å²) in [7, 11) is 1.64. The number of ether oxygens (including phenoxy) is 2. The first kappa shape index (κ1) is 23.8. The number of fused-ring (bicyclic) bond motifs is 1. The maximum atomic E-state index is 5.78. The molecular formula is C20H26Cl2N4O2. The molecule has 6 nitrogen and oxygen atoms in total. The van der Waals surface area contributed by atoms with Crippen LogP contribution in [0.4, 0.5) is 5.82 Å². The van der Waals surface area contributed by atoms with E-state index in [-0.39, 0.29) is 24.8 Å². The van der Waals surface area contributed by atoms with Gasteiger partial charge in [-0.2, -0.15) is 0 Å². The normalized spacial score (nSPS) is 9.96. The Morgan fingerprint density at radius 3 is 2.54 bits per heavy atom. The van der Waals surface area contributed by atoms with Crippen molar-refractivity contribution in [2.24, 2.45) is 5.73 Å². The van der Waals surface area contributed by atoms with E-state index in [1.54, 1.807) is 7.11 Å². The minimum absolute atomic E-state index is 0. The van der Waals surface area contributed by atoms with Crippen LogP contribution in [-0.4, -0.2) is 30.2 Å². The van der Waals surface area contributed by atoms with Gasteiger partial charge in [-0.05, 0) is 31.7 Å². The van der Waals surface area contributed by atoms with Crippen LogP contribution in [-0.2, 0) is 13.0 Å². The molecule has 28 heavy (non-hydrogen) atoms. The highest BCUT2D eigenvalue weighted by Crippen LogP contribution is 2.32. The average molecular weight is 425 g/mol. The Bertz CT molecular complexity index is 893. The largest absolute Gasteiger partial charge is 0.493 e. The maximum absolute atomic E-state index is 5.78. The summed E-state index contributed by atoms with van der Waals surface area (Å²) in [6.07, 6.45) is 0.642. The second kappa shape index (κ2) is 11.5. The van der Waals surface area contributed by atoms with Crippen LogP contribution in [0.3, 0.4) is 0 Å². The van der Waals surface area contributed by atoms with Crippen molar-refractivity contribution < 1.29 is 9.47 Å². The van der Waals surface area contributed by atoms with Gasteiger partial charge in [0, 0.05) is 23.9 Å². The molecule has 0 bridgehead atoms. The molecule has 0 amide bonds. The first-order valence-corrected chi connectivity index (χ1v) is 8.75. The highest BCUT2D eigenvalue weighted by Gasteiger charge is 2.12. The number of para-hydroxylation sites is 2. The Kier molecular flexibility index (Phi) is 9.79. The molecule has 0 atom stereocenters. The number of hydrogen-bond donors (Lipinski definition) is 2. The molecule has 2 aromatic carbocycles. The monoisotopic (exact) mass is 424 g/mol. The molecule has 0 aliphatic rings. The lowest BCUT2D eigenvalue weighted by Crippen LogP contribution is -2.10. The van der Waals surface area contributed by atoms with Gasteiger partial charge in [0.25, 0.3) is 0 Å². The van der Waals surface area contributed by atoms with Crippen molar-refractivity contribution >= 4 is 41.5 Å². The molecule has 3 N–H and O–H groups in total. The highest BCUT2D eigenvalue weighted by molar-refractivity contribution is 5.89. The third-order valence-electron chi connectivity index (χ3n) is 4.03. The molecular weight excluding hydrogens is 399 g/mol. The lowest BCUT2D eigenvalue weighted by Gasteiger charge is -2.15. The van der Waals surface area contributed by atoms with Gasteiger partial charge in [0.2, 0.25) is 0 Å². The van der Waals surface area contributed by atoms with Gasteiger partial charge in [-0.3, -0.25) is 0 Å². The zero-order valence-corrected chi connectivity index (χ0v) is 17.6. The van der Waals surface area contributed by atoms with Gasteiger partial charge in [-0.15, -0.1) is 24.8 Å². The molecule has 1 aromatic heterocycles. The highest BCUT2D eigenvalue weighted by atomic mass is 35.5. The Morgan fingerprint density at radius 2 is 1.82 bits per heavy atom. The summed E-state index contributed by atoms with van der Waals surface area (Å²) in [4.78, 5) is 9.23. The molecule has 0 radical (unpaired) electrons. The number of rotatable bonds is 8. The quantitative estimate of drug-likeness (QED) is 0.568. The predicted octanol–water partition coefficient (Wildman–Crippen LogP) is 3.99. The summed E-state index contributed by atoms with van der Waals surface area (Å²) in [6.45, 7) is 3.61. The fourth-order valence-corrected chi connectivity index (χ4v) is 2.85. The first-order chi connectivity index (χ1) is 12.8. The van der Waals surface area contributed by atoms with E-state index in [0.717, 1.165) is 39.6 Å². The SMILES string of the molecule is CCOc1c(CNc2nc(CCN)nc3ccccc23)cccc1OC.Cl.Cl. The van der Waals surface area contributed by atoms with E-state index in [1.807, 2.05) is 49.4 Å². The van der Waals surface area contributed by atoms with E-state index in [4.69, 9.17) is 15.2 Å². The topological polar surface area (TPSA) is 82.3 Å². The van der Waals surface area contributed by atoms with Crippen LogP contribution in [0.25, 0.3) is 10.9 Å². The van der Waals surface area contributed by atoms with Crippen molar-refractivity contribution in [2.45, 2.75) is 19.9 Å². The summed E-state index contributed by atoms with van der Waals surface area (Å²) in [5, 5.41) is 4.41. The van der Waals surface area contributed by atoms with E-state index < -0.39 is 0 Å². The van der Waals surface area contributed by atoms with Crippen molar-refractivity contribution in [3.63, 3.8) is 0 Å². The Labute approximate surface area is 177 Å². The lowest BCUT2D eigenvalue weighted by molar-refractivity contribution is 0.308. The van der Waals surface area contributed by atoms with Crippen molar-refractivity contribution in [3.8, 4) is 11.5 Å². The van der Waals surface area contributed by atoms with E-state index in [0.29, 0.717) is 26.1 Å². The van der Waals surface area contributed by atoms with E-state index >= 15 is 0 Å². The standard InChI is InChI=1S/C20H24N4O2.2ClH/c1-3-26-19-14(7-6-10-17(19)25-2)13-22-20-15-8-4-5-9-16(15)23-18(24-20)11-12-21;;/h4-10H,3,11-13,21H2,1-2H3,(H,22,23,24);2*1H. The van der Waals surface area contributed by atoms with E-state index in [1.165, 1.54) is 0 Å². The van der Waals surface area contributed by atoms with Gasteiger partial charge >= 0.3 is 0 Å². The molecule has 0 aliphatic carbocycles. The lowest BCUT2D eigenvalue weighted by atomic mass is 10.1. The van der Waals surface area contributed by atoms with Crippen LogP contribution in [0.1, 0.15) is 18.3 Å².